The zero-order valence-corrected chi connectivity index (χ0v) is 14.4. The second-order valence-corrected chi connectivity index (χ2v) is 6.87. The topological polar surface area (TPSA) is 34.5 Å². The second-order valence-electron chi connectivity index (χ2n) is 6.87. The van der Waals surface area contributed by atoms with Crippen LogP contribution in [-0.2, 0) is 4.74 Å². The van der Waals surface area contributed by atoms with Crippen LogP contribution in [0.4, 0.5) is 4.79 Å². The molecule has 0 N–H and O–H groups in total. The molecular weight excluding hydrogens is 276 g/mol. The zero-order valence-electron chi connectivity index (χ0n) is 14.4. The van der Waals surface area contributed by atoms with Crippen LogP contribution in [-0.4, -0.2) is 35.3 Å². The quantitative estimate of drug-likeness (QED) is 0.840. The van der Waals surface area contributed by atoms with Crippen molar-refractivity contribution >= 4 is 17.0 Å². The number of fused-ring (bicyclic) bond motifs is 1. The Morgan fingerprint density at radius 1 is 1.27 bits per heavy atom. The summed E-state index contributed by atoms with van der Waals surface area (Å²) >= 11 is 0. The van der Waals surface area contributed by atoms with Gasteiger partial charge in [0.15, 0.2) is 0 Å². The van der Waals surface area contributed by atoms with E-state index >= 15 is 0 Å². The monoisotopic (exact) mass is 302 g/mol. The fourth-order valence-electron chi connectivity index (χ4n) is 2.74. The first-order valence-electron chi connectivity index (χ1n) is 7.73. The third kappa shape index (κ3) is 3.50. The third-order valence-electron chi connectivity index (χ3n) is 3.70. The van der Waals surface area contributed by atoms with Gasteiger partial charge in [-0.15, -0.1) is 0 Å². The Morgan fingerprint density at radius 2 is 1.95 bits per heavy atom. The third-order valence-corrected chi connectivity index (χ3v) is 3.70. The van der Waals surface area contributed by atoms with Gasteiger partial charge in [0.05, 0.1) is 5.52 Å². The highest BCUT2D eigenvalue weighted by atomic mass is 16.6. The number of hydrogen-bond acceptors (Lipinski definition) is 3. The van der Waals surface area contributed by atoms with Gasteiger partial charge in [-0.25, -0.2) is 4.79 Å². The zero-order chi connectivity index (χ0) is 16.5. The van der Waals surface area contributed by atoms with Crippen LogP contribution in [0.15, 0.2) is 30.5 Å². The summed E-state index contributed by atoms with van der Waals surface area (Å²) in [5.41, 5.74) is 1.65. The van der Waals surface area contributed by atoms with Crippen molar-refractivity contribution in [3.05, 3.63) is 36.0 Å². The summed E-state index contributed by atoms with van der Waals surface area (Å²) in [6, 6.07) is 8.60. The van der Waals surface area contributed by atoms with E-state index in [9.17, 15) is 4.79 Å². The Balaban J connectivity index is 2.36. The molecular formula is C18H26N2O2. The van der Waals surface area contributed by atoms with Crippen LogP contribution < -0.4 is 0 Å². The van der Waals surface area contributed by atoms with Crippen LogP contribution in [0, 0.1) is 0 Å². The van der Waals surface area contributed by atoms with Gasteiger partial charge < -0.3 is 9.64 Å². The molecule has 1 aromatic carbocycles. The molecule has 4 nitrogen and oxygen atoms in total. The maximum absolute atomic E-state index is 12.3. The van der Waals surface area contributed by atoms with Crippen molar-refractivity contribution in [3.8, 4) is 0 Å². The largest absolute Gasteiger partial charge is 0.443 e. The maximum Gasteiger partial charge on any atom is 0.418 e. The normalized spacial score (nSPS) is 13.6. The number of aromatic nitrogens is 1. The maximum atomic E-state index is 12.3. The van der Waals surface area contributed by atoms with Crippen LogP contribution in [0.5, 0.6) is 0 Å². The number of carbonyl (C=O) groups is 1. The first-order chi connectivity index (χ1) is 10.2. The van der Waals surface area contributed by atoms with Gasteiger partial charge >= 0.3 is 6.09 Å². The van der Waals surface area contributed by atoms with Gasteiger partial charge in [-0.3, -0.25) is 4.57 Å². The van der Waals surface area contributed by atoms with E-state index in [0.29, 0.717) is 6.04 Å². The molecule has 1 heterocycles. The SMILES string of the molecule is CCC(c1ccc2c(ccn2C(=O)OC(C)(C)C)c1)N(C)C. The lowest BCUT2D eigenvalue weighted by atomic mass is 10.0. The second kappa shape index (κ2) is 6.13. The predicted molar refractivity (Wildman–Crippen MR) is 90.3 cm³/mol. The van der Waals surface area contributed by atoms with Crippen molar-refractivity contribution in [2.75, 3.05) is 14.1 Å². The lowest BCUT2D eigenvalue weighted by Gasteiger charge is -2.23. The molecule has 22 heavy (non-hydrogen) atoms. The standard InChI is InChI=1S/C18H26N2O2/c1-7-15(19(5)6)13-8-9-16-14(12-13)10-11-20(16)17(21)22-18(2,3)4/h8-12,15H,7H2,1-6H3. The van der Waals surface area contributed by atoms with Crippen LogP contribution in [0.25, 0.3) is 10.9 Å². The summed E-state index contributed by atoms with van der Waals surface area (Å²) in [6.07, 6.45) is 2.49. The van der Waals surface area contributed by atoms with Crippen molar-refractivity contribution in [2.24, 2.45) is 0 Å². The molecule has 0 saturated heterocycles. The van der Waals surface area contributed by atoms with E-state index < -0.39 is 5.60 Å². The number of ether oxygens (including phenoxy) is 1. The average molecular weight is 302 g/mol. The molecule has 120 valence electrons. The Labute approximate surface area is 132 Å². The van der Waals surface area contributed by atoms with Crippen LogP contribution in [0.2, 0.25) is 0 Å². The van der Waals surface area contributed by atoms with E-state index in [1.54, 1.807) is 10.8 Å². The summed E-state index contributed by atoms with van der Waals surface area (Å²) in [4.78, 5) is 14.5. The molecule has 0 aliphatic heterocycles. The minimum atomic E-state index is -0.494. The van der Waals surface area contributed by atoms with E-state index in [2.05, 4.69) is 38.1 Å². The van der Waals surface area contributed by atoms with Crippen molar-refractivity contribution in [2.45, 2.75) is 45.8 Å². The lowest BCUT2D eigenvalue weighted by Crippen LogP contribution is -2.26. The molecule has 2 aromatic rings. The van der Waals surface area contributed by atoms with Crippen molar-refractivity contribution in [3.63, 3.8) is 0 Å². The van der Waals surface area contributed by atoms with Gasteiger partial charge in [-0.05, 0) is 65.0 Å². The summed E-state index contributed by atoms with van der Waals surface area (Å²) in [7, 11) is 4.18. The first kappa shape index (κ1) is 16.6. The Kier molecular flexibility index (Phi) is 4.61. The minimum absolute atomic E-state index is 0.338. The van der Waals surface area contributed by atoms with Crippen LogP contribution in [0.1, 0.15) is 45.7 Å². The summed E-state index contributed by atoms with van der Waals surface area (Å²) in [6.45, 7) is 7.80. The summed E-state index contributed by atoms with van der Waals surface area (Å²) < 4.78 is 7.01. The van der Waals surface area contributed by atoms with Gasteiger partial charge in [-0.2, -0.15) is 0 Å². The number of hydrogen-bond donors (Lipinski definition) is 0. The highest BCUT2D eigenvalue weighted by Crippen LogP contribution is 2.26. The Bertz CT molecular complexity index is 665. The fraction of sp³-hybridized carbons (Fsp3) is 0.500. The molecule has 0 fully saturated rings. The molecule has 0 radical (unpaired) electrons. The van der Waals surface area contributed by atoms with Crippen molar-refractivity contribution in [1.29, 1.82) is 0 Å². The minimum Gasteiger partial charge on any atom is -0.443 e. The Morgan fingerprint density at radius 3 is 2.50 bits per heavy atom. The molecule has 0 spiro atoms. The predicted octanol–water partition coefficient (Wildman–Crippen LogP) is 4.44. The molecule has 4 heteroatoms. The number of carbonyl (C=O) groups excluding carboxylic acids is 1. The summed E-state index contributed by atoms with van der Waals surface area (Å²) in [5.74, 6) is 0. The molecule has 0 amide bonds. The van der Waals surface area contributed by atoms with Crippen LogP contribution >= 0.6 is 0 Å². The van der Waals surface area contributed by atoms with Gasteiger partial charge in [-0.1, -0.05) is 13.0 Å². The summed E-state index contributed by atoms with van der Waals surface area (Å²) in [5, 5.41) is 1.06. The van der Waals surface area contributed by atoms with Crippen molar-refractivity contribution < 1.29 is 9.53 Å². The molecule has 1 atom stereocenters. The Hall–Kier alpha value is -1.81. The average Bonchev–Trinajstić information content (AvgIpc) is 2.80. The van der Waals surface area contributed by atoms with Gasteiger partial charge in [0.1, 0.15) is 5.60 Å². The number of rotatable bonds is 3. The molecule has 0 aliphatic carbocycles. The van der Waals surface area contributed by atoms with Gasteiger partial charge in [0.2, 0.25) is 0 Å². The fourth-order valence-corrected chi connectivity index (χ4v) is 2.74. The van der Waals surface area contributed by atoms with Gasteiger partial charge in [0, 0.05) is 17.6 Å². The molecule has 2 rings (SSSR count). The highest BCUT2D eigenvalue weighted by Gasteiger charge is 2.19. The van der Waals surface area contributed by atoms with Crippen LogP contribution in [0.3, 0.4) is 0 Å². The lowest BCUT2D eigenvalue weighted by molar-refractivity contribution is 0.0544. The van der Waals surface area contributed by atoms with Gasteiger partial charge in [0.25, 0.3) is 0 Å². The number of nitrogens with zero attached hydrogens (tertiary/aromatic N) is 2. The van der Waals surface area contributed by atoms with E-state index in [0.717, 1.165) is 17.3 Å². The van der Waals surface area contributed by atoms with E-state index in [-0.39, 0.29) is 6.09 Å². The molecule has 0 aliphatic rings. The highest BCUT2D eigenvalue weighted by molar-refractivity contribution is 5.90. The van der Waals surface area contributed by atoms with E-state index in [1.807, 2.05) is 32.9 Å². The van der Waals surface area contributed by atoms with Crippen molar-refractivity contribution in [1.82, 2.24) is 9.47 Å². The number of benzene rings is 1. The smallest absolute Gasteiger partial charge is 0.418 e. The molecule has 0 bridgehead atoms. The molecule has 1 aromatic heterocycles. The van der Waals surface area contributed by atoms with E-state index in [4.69, 9.17) is 4.74 Å². The molecule has 0 saturated carbocycles. The van der Waals surface area contributed by atoms with E-state index in [1.165, 1.54) is 5.56 Å². The first-order valence-corrected chi connectivity index (χ1v) is 7.73. The molecule has 1 unspecified atom stereocenters.